The number of hydrogen-bond acceptors (Lipinski definition) is 3. The highest BCUT2D eigenvalue weighted by atomic mass is 35.5. The molecule has 134 valence electrons. The van der Waals surface area contributed by atoms with E-state index in [2.05, 4.69) is 30.1 Å². The summed E-state index contributed by atoms with van der Waals surface area (Å²) in [4.78, 5) is 4.07. The van der Waals surface area contributed by atoms with Crippen molar-refractivity contribution < 1.29 is 4.74 Å². The van der Waals surface area contributed by atoms with Crippen molar-refractivity contribution in [3.05, 3.63) is 83.9 Å². The van der Waals surface area contributed by atoms with E-state index in [0.29, 0.717) is 17.9 Å². The molecule has 0 saturated heterocycles. The number of halogens is 1. The van der Waals surface area contributed by atoms with Crippen LogP contribution in [0.15, 0.2) is 67.3 Å². The van der Waals surface area contributed by atoms with E-state index in [9.17, 15) is 5.26 Å². The van der Waals surface area contributed by atoms with Gasteiger partial charge in [-0.1, -0.05) is 49.7 Å². The molecule has 3 rings (SSSR count). The van der Waals surface area contributed by atoms with Crippen LogP contribution in [0.4, 0.5) is 0 Å². The molecule has 26 heavy (non-hydrogen) atoms. The lowest BCUT2D eigenvalue weighted by atomic mass is 10.0. The van der Waals surface area contributed by atoms with Crippen LogP contribution in [-0.4, -0.2) is 9.55 Å². The standard InChI is InChI=1S/C21H21N3O.ClH/c1-2-6-20(18-7-4-3-5-8-18)25-21-13-17(9-10-19(21)14-22)15-24-12-11-23-16-24;/h3-5,7-13,16,20H,2,6,15H2,1H3;1H. The molecule has 1 aromatic heterocycles. The lowest BCUT2D eigenvalue weighted by Crippen LogP contribution is -2.09. The number of aromatic nitrogens is 2. The normalized spacial score (nSPS) is 11.2. The summed E-state index contributed by atoms with van der Waals surface area (Å²) in [6.07, 6.45) is 7.32. The Kier molecular flexibility index (Phi) is 7.25. The summed E-state index contributed by atoms with van der Waals surface area (Å²) in [5.74, 6) is 0.641. The van der Waals surface area contributed by atoms with Gasteiger partial charge in [-0.15, -0.1) is 12.4 Å². The van der Waals surface area contributed by atoms with Gasteiger partial charge >= 0.3 is 0 Å². The van der Waals surface area contributed by atoms with Crippen molar-refractivity contribution >= 4 is 12.4 Å². The van der Waals surface area contributed by atoms with Crippen LogP contribution in [0, 0.1) is 11.3 Å². The van der Waals surface area contributed by atoms with Crippen LogP contribution in [0.25, 0.3) is 0 Å². The van der Waals surface area contributed by atoms with Gasteiger partial charge in [0, 0.05) is 18.9 Å². The molecule has 0 saturated carbocycles. The maximum atomic E-state index is 9.43. The number of nitriles is 1. The molecule has 5 heteroatoms. The molecule has 3 aromatic rings. The van der Waals surface area contributed by atoms with Crippen LogP contribution in [0.5, 0.6) is 5.75 Å². The Balaban J connectivity index is 0.00000243. The van der Waals surface area contributed by atoms with Crippen molar-refractivity contribution in [1.29, 1.82) is 5.26 Å². The predicted octanol–water partition coefficient (Wildman–Crippen LogP) is 5.15. The fourth-order valence-electron chi connectivity index (χ4n) is 2.82. The van der Waals surface area contributed by atoms with Crippen molar-refractivity contribution in [3.8, 4) is 11.8 Å². The van der Waals surface area contributed by atoms with Crippen molar-refractivity contribution in [1.82, 2.24) is 9.55 Å². The fourth-order valence-corrected chi connectivity index (χ4v) is 2.82. The summed E-state index contributed by atoms with van der Waals surface area (Å²) in [6.45, 7) is 2.84. The third-order valence-electron chi connectivity index (χ3n) is 4.08. The SMILES string of the molecule is CCCC(Oc1cc(Cn2ccnc2)ccc1C#N)c1ccccc1.Cl. The Bertz CT molecular complexity index is 841. The predicted molar refractivity (Wildman–Crippen MR) is 104 cm³/mol. The van der Waals surface area contributed by atoms with Crippen LogP contribution >= 0.6 is 12.4 Å². The third-order valence-corrected chi connectivity index (χ3v) is 4.08. The summed E-state index contributed by atoms with van der Waals surface area (Å²) in [6, 6.07) is 18.2. The molecule has 0 N–H and O–H groups in total. The van der Waals surface area contributed by atoms with E-state index in [0.717, 1.165) is 24.0 Å². The average Bonchev–Trinajstić information content (AvgIpc) is 3.15. The zero-order chi connectivity index (χ0) is 17.5. The van der Waals surface area contributed by atoms with Crippen molar-refractivity contribution in [2.45, 2.75) is 32.4 Å². The largest absolute Gasteiger partial charge is 0.484 e. The highest BCUT2D eigenvalue weighted by Crippen LogP contribution is 2.29. The van der Waals surface area contributed by atoms with E-state index in [1.807, 2.05) is 47.2 Å². The summed E-state index contributed by atoms with van der Waals surface area (Å²) in [7, 11) is 0. The van der Waals surface area contributed by atoms with E-state index in [1.54, 1.807) is 12.5 Å². The minimum absolute atomic E-state index is 0. The van der Waals surface area contributed by atoms with Crippen LogP contribution in [0.2, 0.25) is 0 Å². The molecule has 0 aliphatic rings. The van der Waals surface area contributed by atoms with Gasteiger partial charge in [-0.25, -0.2) is 4.98 Å². The Morgan fingerprint density at radius 1 is 1.19 bits per heavy atom. The van der Waals surface area contributed by atoms with Gasteiger partial charge in [0.15, 0.2) is 0 Å². The van der Waals surface area contributed by atoms with Crippen LogP contribution in [-0.2, 0) is 6.54 Å². The molecule has 0 radical (unpaired) electrons. The lowest BCUT2D eigenvalue weighted by molar-refractivity contribution is 0.193. The average molecular weight is 368 g/mol. The number of imidazole rings is 1. The summed E-state index contributed by atoms with van der Waals surface area (Å²) in [5.41, 5.74) is 2.77. The molecule has 0 spiro atoms. The maximum Gasteiger partial charge on any atom is 0.138 e. The number of ether oxygens (including phenoxy) is 1. The second-order valence-corrected chi connectivity index (χ2v) is 5.98. The molecule has 0 fully saturated rings. The summed E-state index contributed by atoms with van der Waals surface area (Å²) >= 11 is 0. The van der Waals surface area contributed by atoms with Gasteiger partial charge < -0.3 is 9.30 Å². The van der Waals surface area contributed by atoms with Crippen molar-refractivity contribution in [2.75, 3.05) is 0 Å². The number of rotatable bonds is 7. The van der Waals surface area contributed by atoms with E-state index in [1.165, 1.54) is 0 Å². The van der Waals surface area contributed by atoms with E-state index < -0.39 is 0 Å². The Morgan fingerprint density at radius 2 is 2.00 bits per heavy atom. The smallest absolute Gasteiger partial charge is 0.138 e. The van der Waals surface area contributed by atoms with E-state index in [-0.39, 0.29) is 18.5 Å². The molecule has 4 nitrogen and oxygen atoms in total. The first-order chi connectivity index (χ1) is 12.3. The van der Waals surface area contributed by atoms with E-state index in [4.69, 9.17) is 4.74 Å². The zero-order valence-electron chi connectivity index (χ0n) is 14.7. The van der Waals surface area contributed by atoms with Gasteiger partial charge in [-0.3, -0.25) is 0 Å². The molecule has 0 aliphatic heterocycles. The molecule has 0 aliphatic carbocycles. The Labute approximate surface area is 160 Å². The monoisotopic (exact) mass is 367 g/mol. The fraction of sp³-hybridized carbons (Fsp3) is 0.238. The van der Waals surface area contributed by atoms with Gasteiger partial charge in [0.25, 0.3) is 0 Å². The van der Waals surface area contributed by atoms with Crippen LogP contribution < -0.4 is 4.74 Å². The Hall–Kier alpha value is -2.77. The molecule has 1 unspecified atom stereocenters. The molecular formula is C21H22ClN3O. The lowest BCUT2D eigenvalue weighted by Gasteiger charge is -2.20. The molecule has 1 heterocycles. The first-order valence-corrected chi connectivity index (χ1v) is 8.50. The van der Waals surface area contributed by atoms with Crippen LogP contribution in [0.3, 0.4) is 0 Å². The minimum atomic E-state index is -0.0539. The van der Waals surface area contributed by atoms with Gasteiger partial charge in [0.1, 0.15) is 17.9 Å². The highest BCUT2D eigenvalue weighted by molar-refractivity contribution is 5.85. The molecule has 0 bridgehead atoms. The number of nitrogens with zero attached hydrogens (tertiary/aromatic N) is 3. The first kappa shape index (κ1) is 19.6. The van der Waals surface area contributed by atoms with Crippen molar-refractivity contribution in [3.63, 3.8) is 0 Å². The maximum absolute atomic E-state index is 9.43. The van der Waals surface area contributed by atoms with Gasteiger partial charge in [0.2, 0.25) is 0 Å². The van der Waals surface area contributed by atoms with E-state index >= 15 is 0 Å². The Morgan fingerprint density at radius 3 is 2.65 bits per heavy atom. The highest BCUT2D eigenvalue weighted by Gasteiger charge is 2.15. The zero-order valence-corrected chi connectivity index (χ0v) is 15.5. The molecule has 0 amide bonds. The molecule has 1 atom stereocenters. The third kappa shape index (κ3) is 4.87. The minimum Gasteiger partial charge on any atom is -0.484 e. The van der Waals surface area contributed by atoms with Gasteiger partial charge in [-0.05, 0) is 29.7 Å². The van der Waals surface area contributed by atoms with Crippen LogP contribution in [0.1, 0.15) is 42.6 Å². The first-order valence-electron chi connectivity index (χ1n) is 8.50. The van der Waals surface area contributed by atoms with Gasteiger partial charge in [0.05, 0.1) is 11.9 Å². The number of hydrogen-bond donors (Lipinski definition) is 0. The topological polar surface area (TPSA) is 50.8 Å². The number of benzene rings is 2. The summed E-state index contributed by atoms with van der Waals surface area (Å²) < 4.78 is 8.27. The second kappa shape index (κ2) is 9.65. The second-order valence-electron chi connectivity index (χ2n) is 5.98. The summed E-state index contributed by atoms with van der Waals surface area (Å²) in [5, 5.41) is 9.43. The van der Waals surface area contributed by atoms with Gasteiger partial charge in [-0.2, -0.15) is 5.26 Å². The molecule has 2 aromatic carbocycles. The molecular weight excluding hydrogens is 346 g/mol. The quantitative estimate of drug-likeness (QED) is 0.580. The van der Waals surface area contributed by atoms with Crippen molar-refractivity contribution in [2.24, 2.45) is 0 Å².